The van der Waals surface area contributed by atoms with Gasteiger partial charge in [0, 0.05) is 53.6 Å². The number of allylic oxidation sites excluding steroid dienone is 5. The maximum atomic E-state index is 13.3. The van der Waals surface area contributed by atoms with Gasteiger partial charge in [0.15, 0.2) is 0 Å². The molecule has 236 valence electrons. The third-order valence-corrected chi connectivity index (χ3v) is 8.51. The van der Waals surface area contributed by atoms with Gasteiger partial charge in [-0.2, -0.15) is 0 Å². The average Bonchev–Trinajstić information content (AvgIpc) is 3.82. The average molecular weight is 601 g/mol. The standard InChI is InChI=1S/C36H48N4O4/c1-24-7-6-8-30(44-31-19-21-40(22-20-31)29-15-16-29)17-18-32(24)34(41)37-26-11-13-27(14-12-26)38-35(42)39-28-10-9-25(2)43-33(23-28)36(3,4)5/h8,10-14,17-18,23,25,29,31H,6-7,9,15-16,19-22H2,1-5H3,(H,37,41)(H2,38,39,42). The van der Waals surface area contributed by atoms with E-state index < -0.39 is 0 Å². The summed E-state index contributed by atoms with van der Waals surface area (Å²) in [6.45, 7) is 12.5. The fourth-order valence-corrected chi connectivity index (χ4v) is 5.69. The molecule has 2 heterocycles. The van der Waals surface area contributed by atoms with Crippen molar-refractivity contribution in [2.24, 2.45) is 5.41 Å². The van der Waals surface area contributed by atoms with Crippen molar-refractivity contribution in [3.05, 3.63) is 83.0 Å². The quantitative estimate of drug-likeness (QED) is 0.300. The van der Waals surface area contributed by atoms with Crippen LogP contribution in [0.3, 0.4) is 0 Å². The Morgan fingerprint density at radius 2 is 1.61 bits per heavy atom. The molecule has 3 N–H and O–H groups in total. The molecule has 0 bridgehead atoms. The van der Waals surface area contributed by atoms with E-state index in [1.165, 1.54) is 12.8 Å². The first kappa shape index (κ1) is 31.6. The highest BCUT2D eigenvalue weighted by molar-refractivity contribution is 6.06. The molecular formula is C36H48N4O4. The second-order valence-corrected chi connectivity index (χ2v) is 13.4. The molecule has 2 aliphatic carbocycles. The molecule has 0 radical (unpaired) electrons. The Morgan fingerprint density at radius 1 is 0.932 bits per heavy atom. The zero-order valence-electron chi connectivity index (χ0n) is 26.9. The Balaban J connectivity index is 1.13. The number of carbonyl (C=O) groups is 2. The van der Waals surface area contributed by atoms with Crippen LogP contribution in [0.5, 0.6) is 0 Å². The van der Waals surface area contributed by atoms with Crippen LogP contribution in [0.1, 0.15) is 79.6 Å². The minimum Gasteiger partial charge on any atom is -0.494 e. The number of nitrogens with zero attached hydrogens (tertiary/aromatic N) is 1. The van der Waals surface area contributed by atoms with Crippen molar-refractivity contribution in [3.8, 4) is 0 Å². The molecule has 2 fully saturated rings. The maximum Gasteiger partial charge on any atom is 0.323 e. The van der Waals surface area contributed by atoms with E-state index in [0.717, 1.165) is 61.9 Å². The Morgan fingerprint density at radius 3 is 2.27 bits per heavy atom. The molecule has 4 aliphatic rings. The summed E-state index contributed by atoms with van der Waals surface area (Å²) >= 11 is 0. The summed E-state index contributed by atoms with van der Waals surface area (Å²) in [5, 5.41) is 8.81. The van der Waals surface area contributed by atoms with E-state index in [1.807, 2.05) is 38.2 Å². The van der Waals surface area contributed by atoms with E-state index >= 15 is 0 Å². The molecule has 8 nitrogen and oxygen atoms in total. The third kappa shape index (κ3) is 8.88. The second kappa shape index (κ2) is 13.9. The Hall–Kier alpha value is -3.78. The van der Waals surface area contributed by atoms with E-state index in [0.29, 0.717) is 29.1 Å². The van der Waals surface area contributed by atoms with Crippen LogP contribution in [0.25, 0.3) is 0 Å². The van der Waals surface area contributed by atoms with Gasteiger partial charge < -0.3 is 30.3 Å². The molecule has 1 aromatic rings. The largest absolute Gasteiger partial charge is 0.494 e. The number of hydrogen-bond acceptors (Lipinski definition) is 5. The summed E-state index contributed by atoms with van der Waals surface area (Å²) in [5.74, 6) is 1.53. The minimum atomic E-state index is -0.341. The van der Waals surface area contributed by atoms with E-state index in [1.54, 1.807) is 24.3 Å². The van der Waals surface area contributed by atoms with Gasteiger partial charge in [0.2, 0.25) is 0 Å². The van der Waals surface area contributed by atoms with Crippen molar-refractivity contribution in [2.75, 3.05) is 23.7 Å². The first-order valence-corrected chi connectivity index (χ1v) is 16.1. The van der Waals surface area contributed by atoms with Gasteiger partial charge in [-0.15, -0.1) is 0 Å². The van der Waals surface area contributed by atoms with Gasteiger partial charge in [-0.3, -0.25) is 4.79 Å². The van der Waals surface area contributed by atoms with Gasteiger partial charge in [-0.25, -0.2) is 4.79 Å². The molecule has 44 heavy (non-hydrogen) atoms. The molecule has 1 saturated heterocycles. The van der Waals surface area contributed by atoms with Crippen molar-refractivity contribution in [2.45, 2.75) is 97.8 Å². The van der Waals surface area contributed by atoms with Crippen LogP contribution in [0, 0.1) is 5.41 Å². The lowest BCUT2D eigenvalue weighted by atomic mass is 9.93. The van der Waals surface area contributed by atoms with Crippen LogP contribution in [0.4, 0.5) is 16.2 Å². The Kier molecular flexibility index (Phi) is 9.99. The number of hydrogen-bond donors (Lipinski definition) is 3. The van der Waals surface area contributed by atoms with E-state index in [-0.39, 0.29) is 29.6 Å². The number of benzene rings is 1. The SMILES string of the molecule is CC1=C(C(=O)Nc2ccc(NC(=O)NC3=CCC(C)OC(C(C)(C)C)=C3)cc2)C=CC(OC2CCN(C3CC3)CC2)=CCC1. The smallest absolute Gasteiger partial charge is 0.323 e. The van der Waals surface area contributed by atoms with Crippen LogP contribution in [-0.4, -0.2) is 48.2 Å². The molecule has 8 heteroatoms. The van der Waals surface area contributed by atoms with Crippen molar-refractivity contribution in [1.29, 1.82) is 0 Å². The lowest BCUT2D eigenvalue weighted by molar-refractivity contribution is -0.112. The molecule has 1 aromatic carbocycles. The number of piperidine rings is 1. The van der Waals surface area contributed by atoms with E-state index in [2.05, 4.69) is 47.7 Å². The highest BCUT2D eigenvalue weighted by Crippen LogP contribution is 2.32. The first-order valence-electron chi connectivity index (χ1n) is 16.1. The fourth-order valence-electron chi connectivity index (χ4n) is 5.69. The maximum absolute atomic E-state index is 13.3. The van der Waals surface area contributed by atoms with Gasteiger partial charge in [0.25, 0.3) is 5.91 Å². The first-order chi connectivity index (χ1) is 21.0. The van der Waals surface area contributed by atoms with Crippen LogP contribution >= 0.6 is 0 Å². The highest BCUT2D eigenvalue weighted by Gasteiger charge is 2.32. The van der Waals surface area contributed by atoms with Crippen molar-refractivity contribution in [3.63, 3.8) is 0 Å². The third-order valence-electron chi connectivity index (χ3n) is 8.51. The number of likely N-dealkylation sites (tertiary alicyclic amines) is 1. The van der Waals surface area contributed by atoms with Crippen LogP contribution in [0.2, 0.25) is 0 Å². The minimum absolute atomic E-state index is 0.0368. The fraction of sp³-hybridized carbons (Fsp3) is 0.500. The van der Waals surface area contributed by atoms with Gasteiger partial charge in [0.1, 0.15) is 17.6 Å². The topological polar surface area (TPSA) is 91.9 Å². The van der Waals surface area contributed by atoms with Crippen molar-refractivity contribution in [1.82, 2.24) is 10.2 Å². The zero-order chi connectivity index (χ0) is 31.3. The van der Waals surface area contributed by atoms with Gasteiger partial charge in [-0.1, -0.05) is 32.4 Å². The predicted molar refractivity (Wildman–Crippen MR) is 176 cm³/mol. The molecule has 5 rings (SSSR count). The molecular weight excluding hydrogens is 552 g/mol. The summed E-state index contributed by atoms with van der Waals surface area (Å²) in [4.78, 5) is 28.6. The van der Waals surface area contributed by atoms with Crippen molar-refractivity contribution < 1.29 is 19.1 Å². The predicted octanol–water partition coefficient (Wildman–Crippen LogP) is 7.56. The highest BCUT2D eigenvalue weighted by atomic mass is 16.5. The number of anilines is 2. The summed E-state index contributed by atoms with van der Waals surface area (Å²) in [6.07, 6.45) is 17.2. The molecule has 2 aliphatic heterocycles. The summed E-state index contributed by atoms with van der Waals surface area (Å²) in [7, 11) is 0. The monoisotopic (exact) mass is 600 g/mol. The molecule has 1 atom stereocenters. The van der Waals surface area contributed by atoms with Crippen LogP contribution < -0.4 is 16.0 Å². The molecule has 3 amide bonds. The van der Waals surface area contributed by atoms with Gasteiger partial charge >= 0.3 is 6.03 Å². The number of ether oxygens (including phenoxy) is 2. The van der Waals surface area contributed by atoms with E-state index in [9.17, 15) is 9.59 Å². The number of amides is 3. The lowest BCUT2D eigenvalue weighted by Crippen LogP contribution is -2.38. The summed E-state index contributed by atoms with van der Waals surface area (Å²) in [6, 6.07) is 7.60. The van der Waals surface area contributed by atoms with Gasteiger partial charge in [0.05, 0.1) is 6.10 Å². The molecule has 0 spiro atoms. The Bertz CT molecular complexity index is 1370. The van der Waals surface area contributed by atoms with Crippen molar-refractivity contribution >= 4 is 23.3 Å². The summed E-state index contributed by atoms with van der Waals surface area (Å²) in [5.41, 5.74) is 3.51. The molecule has 0 aromatic heterocycles. The lowest BCUT2D eigenvalue weighted by Gasteiger charge is -2.32. The van der Waals surface area contributed by atoms with Gasteiger partial charge in [-0.05, 0) is 101 Å². The molecule has 1 unspecified atom stereocenters. The number of urea groups is 1. The van der Waals surface area contributed by atoms with E-state index in [4.69, 9.17) is 9.47 Å². The summed E-state index contributed by atoms with van der Waals surface area (Å²) < 4.78 is 12.4. The number of nitrogens with one attached hydrogen (secondary N) is 3. The zero-order valence-corrected chi connectivity index (χ0v) is 26.9. The second-order valence-electron chi connectivity index (χ2n) is 13.4. The number of rotatable bonds is 7. The van der Waals surface area contributed by atoms with Crippen LogP contribution in [0.15, 0.2) is 83.0 Å². The Labute approximate surface area is 262 Å². The number of carbonyl (C=O) groups excluding carboxylic acids is 2. The molecule has 1 saturated carbocycles. The van der Waals surface area contributed by atoms with Crippen LogP contribution in [-0.2, 0) is 14.3 Å². The normalized spacial score (nSPS) is 21.9.